The number of aromatic nitrogens is 4. The van der Waals surface area contributed by atoms with Gasteiger partial charge in [-0.3, -0.25) is 66.8 Å². The second-order valence-corrected chi connectivity index (χ2v) is 50.6. The number of likely N-dealkylation sites (tertiary alicyclic amines) is 2. The number of aliphatic carboxylic acids is 2. The number of aryl methyl sites for hydroxylation is 2. The Kier molecular flexibility index (Phi) is 41.0. The number of nitrogens with one attached hydrogen (secondary N) is 4. The molecule has 0 spiro atoms. The highest BCUT2D eigenvalue weighted by Gasteiger charge is 2.63. The van der Waals surface area contributed by atoms with Gasteiger partial charge in [0.25, 0.3) is 11.8 Å². The van der Waals surface area contributed by atoms with Crippen LogP contribution in [0.1, 0.15) is 187 Å². The minimum absolute atomic E-state index is 0.0971. The average molecular weight is 2150 g/mol. The SMILES string of the molecule is C=CC1CC1(C)C(=O)NS(=O)(=O)C(C)C.C=CC1CC1(C)C(=O)O.C=CC1CC1(CC(=O)C1CC(Oc2nc(-c3ccccc3)nc3ccc(C)cc23)CN1C(=O)[C@@H](C)C(C)(C)C)C(=O)NS(=O)(=O)C(C)C.C=CC1CC1(N)C(=O)NS(=O)(=O)C(C)C.C=CC1CC1(N)C(=O)NS(=O)(=O)C(C)C.Cc1ccc2nc(-c3ccccc3)nc(OC3CC(C(=O)O)N(C(=O)[C@@H](C)C(C)(C)C)C3)c2c1.O=CC(F)(F)F.O=CC(F)(F)F. The summed E-state index contributed by atoms with van der Waals surface area (Å²) in [5.41, 5.74) is 11.5. The first-order valence-corrected chi connectivity index (χ1v) is 53.8. The molecule has 814 valence electrons. The topological polar surface area (TPSA) is 541 Å². The van der Waals surface area contributed by atoms with E-state index in [1.807, 2.05) is 176 Å². The number of benzene rings is 4. The number of sulfonamides is 4. The summed E-state index contributed by atoms with van der Waals surface area (Å²) in [4.78, 5) is 151. The van der Waals surface area contributed by atoms with E-state index in [9.17, 15) is 108 Å². The molecule has 0 bridgehead atoms. The predicted molar refractivity (Wildman–Crippen MR) is 548 cm³/mol. The molecule has 7 fully saturated rings. The standard InChI is InChI=1S/C37H46N4O6S.C27H31N3O4.C10H17NO3S.2C9H16N2O3S.C7H10O2.2C2HF3O/c1-9-26-19-37(26,35(44)40-48(45,46)22(2)3)20-31(42)30-18-27(21-41(30)34(43)24(5)36(6,7)8)47-33-28-17-23(4)15-16-29(28)38-32(39-33)25-13-11-10-12-14-25;1-16-11-12-21-20(13-16)24(29-23(28-21)18-9-7-6-8-10-18)34-19-14-22(26(32)33)30(15-19)25(31)17(2)27(3,4)5;1-5-8-6-10(8,4)9(12)11-15(13,14)7(2)3;2*1-4-7-5-9(7,10)8(12)11-15(13,14)6(2)3;1-3-5-4-7(5,2)6(8)9;2*3-2(4,5)1-6/h9-17,22,24,26-27,30H,1,18-21H2,2-8H3,(H,40,44);6-13,17,19,22H,14-15H2,1-5H3,(H,32,33);5,7-8H,1,6H2,2-4H3,(H,11,12);2*4,6-7H,1,5,10H2,2-3H3,(H,11,12);3,5H,1,4H2,2H3,(H,8,9);2*1H/t24-,26?,27?,30?,37?;17-,19?,22?;;;;;;/m11....../s1. The van der Waals surface area contributed by atoms with Gasteiger partial charge >= 0.3 is 24.3 Å². The predicted octanol–water partition coefficient (Wildman–Crippen LogP) is 13.7. The molecule has 2 saturated heterocycles. The number of nitrogens with two attached hydrogens (primary N) is 2. The Labute approximate surface area is 861 Å². The van der Waals surface area contributed by atoms with Crippen LogP contribution < -0.4 is 39.8 Å². The first-order valence-electron chi connectivity index (χ1n) is 47.6. The highest BCUT2D eigenvalue weighted by Crippen LogP contribution is 2.58. The summed E-state index contributed by atoms with van der Waals surface area (Å²) in [6.07, 6.45) is -1.50. The van der Waals surface area contributed by atoms with Gasteiger partial charge in [-0.25, -0.2) is 48.4 Å². The lowest BCUT2D eigenvalue weighted by molar-refractivity contribution is -0.156. The van der Waals surface area contributed by atoms with E-state index in [0.29, 0.717) is 54.6 Å². The molecule has 16 atom stereocenters. The van der Waals surface area contributed by atoms with Gasteiger partial charge in [0.2, 0.25) is 88.1 Å². The van der Waals surface area contributed by atoms with Crippen LogP contribution in [0.25, 0.3) is 44.6 Å². The molecule has 13 rings (SSSR count). The molecule has 4 heterocycles. The lowest BCUT2D eigenvalue weighted by Crippen LogP contribution is -2.48. The number of carbonyl (C=O) groups is 11. The van der Waals surface area contributed by atoms with Crippen LogP contribution in [0.15, 0.2) is 160 Å². The van der Waals surface area contributed by atoms with E-state index in [0.717, 1.165) is 45.0 Å². The van der Waals surface area contributed by atoms with E-state index in [1.54, 1.807) is 49.1 Å². The highest BCUT2D eigenvalue weighted by molar-refractivity contribution is 7.91. The molecule has 2 aromatic heterocycles. The first-order chi connectivity index (χ1) is 67.9. The molecule has 5 saturated carbocycles. The van der Waals surface area contributed by atoms with E-state index < -0.39 is 179 Å². The Morgan fingerprint density at radius 1 is 0.453 bits per heavy atom. The van der Waals surface area contributed by atoms with Crippen molar-refractivity contribution in [1.82, 2.24) is 48.6 Å². The monoisotopic (exact) mass is 2150 g/mol. The van der Waals surface area contributed by atoms with Crippen molar-refractivity contribution in [2.45, 2.75) is 259 Å². The van der Waals surface area contributed by atoms with Crippen LogP contribution in [0, 0.1) is 82.3 Å². The number of Topliss-reactive ketones (excluding diaryl/α,β-unsaturated/α-hetero) is 1. The van der Waals surface area contributed by atoms with Crippen LogP contribution in [0.3, 0.4) is 0 Å². The summed E-state index contributed by atoms with van der Waals surface area (Å²) in [6, 6.07) is 29.2. The van der Waals surface area contributed by atoms with Crippen LogP contribution >= 0.6 is 0 Å². The Morgan fingerprint density at radius 2 is 0.764 bits per heavy atom. The summed E-state index contributed by atoms with van der Waals surface area (Å²) in [6.45, 7) is 53.4. The molecule has 14 unspecified atom stereocenters. The minimum Gasteiger partial charge on any atom is -0.481 e. The summed E-state index contributed by atoms with van der Waals surface area (Å²) >= 11 is 0. The Bertz CT molecular complexity index is 6250. The first kappa shape index (κ1) is 125. The van der Waals surface area contributed by atoms with Crippen molar-refractivity contribution in [3.05, 3.63) is 171 Å². The Balaban J connectivity index is 0.000000288. The van der Waals surface area contributed by atoms with Crippen molar-refractivity contribution in [3.63, 3.8) is 0 Å². The number of alkyl halides is 6. The summed E-state index contributed by atoms with van der Waals surface area (Å²) in [5, 5.41) is 17.2. The number of hydrogen-bond acceptors (Lipinski definition) is 27. The number of ether oxygens (including phenoxy) is 2. The zero-order valence-electron chi connectivity index (χ0n) is 86.8. The third-order valence-corrected chi connectivity index (χ3v) is 33.9. The zero-order chi connectivity index (χ0) is 113. The van der Waals surface area contributed by atoms with Gasteiger partial charge in [0.05, 0.1) is 78.2 Å². The van der Waals surface area contributed by atoms with Crippen LogP contribution in [-0.4, -0.2) is 221 Å². The molecule has 0 radical (unpaired) electrons. The number of carboxylic acids is 2. The van der Waals surface area contributed by atoms with Crippen molar-refractivity contribution in [3.8, 4) is 34.5 Å². The van der Waals surface area contributed by atoms with E-state index >= 15 is 0 Å². The Morgan fingerprint density at radius 3 is 1.04 bits per heavy atom. The highest BCUT2D eigenvalue weighted by atomic mass is 32.2. The number of nitrogens with zero attached hydrogens (tertiary/aromatic N) is 6. The molecule has 10 N–H and O–H groups in total. The summed E-state index contributed by atoms with van der Waals surface area (Å²) in [5.74, 6) is -4.03. The van der Waals surface area contributed by atoms with E-state index in [1.165, 1.54) is 60.3 Å². The van der Waals surface area contributed by atoms with Crippen LogP contribution in [0.4, 0.5) is 26.3 Å². The van der Waals surface area contributed by atoms with Crippen LogP contribution in [0.2, 0.25) is 0 Å². The van der Waals surface area contributed by atoms with Gasteiger partial charge < -0.3 is 41.0 Å². The lowest BCUT2D eigenvalue weighted by Gasteiger charge is -2.33. The van der Waals surface area contributed by atoms with Gasteiger partial charge in [-0.05, 0) is 161 Å². The molecular weight excluding hydrogens is 2020 g/mol. The van der Waals surface area contributed by atoms with Crippen LogP contribution in [0.5, 0.6) is 11.8 Å². The Hall–Kier alpha value is -12.1. The van der Waals surface area contributed by atoms with Crippen LogP contribution in [-0.2, 0) is 92.8 Å². The molecule has 7 aliphatic rings. The number of fused-ring (bicyclic) bond motifs is 2. The smallest absolute Gasteiger partial charge is 0.446 e. The van der Waals surface area contributed by atoms with Gasteiger partial charge in [-0.2, -0.15) is 36.3 Å². The number of amides is 6. The number of ketones is 1. The zero-order valence-corrected chi connectivity index (χ0v) is 90.0. The van der Waals surface area contributed by atoms with Crippen molar-refractivity contribution in [2.24, 2.45) is 80.0 Å². The number of aldehydes is 2. The van der Waals surface area contributed by atoms with Gasteiger partial charge in [-0.1, -0.05) is 177 Å². The normalized spacial score (nSPS) is 24.4. The second-order valence-electron chi connectivity index (χ2n) is 41.6. The molecular formula is C103H138F6N12O23S4. The molecule has 4 aromatic carbocycles. The fourth-order valence-corrected chi connectivity index (χ4v) is 17.9. The average Bonchev–Trinajstić information content (AvgIpc) is 1.56. The molecule has 6 aromatic rings. The molecule has 45 heteroatoms. The summed E-state index contributed by atoms with van der Waals surface area (Å²) in [7, 11) is -14.6. The van der Waals surface area contributed by atoms with E-state index in [2.05, 4.69) is 42.3 Å². The lowest BCUT2D eigenvalue weighted by atomic mass is 9.81. The molecule has 6 amide bonds. The number of halogens is 6. The molecule has 35 nitrogen and oxygen atoms in total. The van der Waals surface area contributed by atoms with Gasteiger partial charge in [0.1, 0.15) is 29.3 Å². The van der Waals surface area contributed by atoms with Gasteiger partial charge in [-0.15, -0.1) is 32.9 Å². The number of hydrogen-bond donors (Lipinski definition) is 8. The molecule has 5 aliphatic carbocycles. The molecule has 148 heavy (non-hydrogen) atoms. The quantitative estimate of drug-likeness (QED) is 0.0118. The molecule has 2 aliphatic heterocycles. The maximum absolute atomic E-state index is 14.2. The minimum atomic E-state index is -4.64. The summed E-state index contributed by atoms with van der Waals surface area (Å²) < 4.78 is 177. The maximum Gasteiger partial charge on any atom is 0.446 e. The largest absolute Gasteiger partial charge is 0.481 e. The van der Waals surface area contributed by atoms with Gasteiger partial charge in [0, 0.05) is 54.1 Å². The third-order valence-electron chi connectivity index (χ3n) is 27.1. The van der Waals surface area contributed by atoms with E-state index in [-0.39, 0.29) is 96.3 Å². The fourth-order valence-electron chi connectivity index (χ4n) is 15.1. The van der Waals surface area contributed by atoms with E-state index in [4.69, 9.17) is 55.6 Å². The number of carboxylic acid groups (broad SMARTS) is 2. The van der Waals surface area contributed by atoms with Gasteiger partial charge in [0.15, 0.2) is 17.4 Å². The number of carbonyl (C=O) groups excluding carboxylic acids is 9. The van der Waals surface area contributed by atoms with Crippen molar-refractivity contribution < 1.29 is 132 Å². The van der Waals surface area contributed by atoms with Crippen molar-refractivity contribution >= 4 is 128 Å². The maximum atomic E-state index is 14.2. The number of rotatable bonds is 30. The number of allylic oxidation sites excluding steroid dienone is 3. The third kappa shape index (κ3) is 32.5. The fraction of sp³-hybridized carbons (Fsp3) is 0.524. The van der Waals surface area contributed by atoms with Crippen molar-refractivity contribution in [1.29, 1.82) is 0 Å². The van der Waals surface area contributed by atoms with Crippen molar-refractivity contribution in [2.75, 3.05) is 13.1 Å². The second kappa shape index (κ2) is 48.7.